The lowest BCUT2D eigenvalue weighted by Crippen LogP contribution is -2.49. The Labute approximate surface area is 150 Å². The van der Waals surface area contributed by atoms with E-state index < -0.39 is 10.2 Å². The van der Waals surface area contributed by atoms with Gasteiger partial charge in [-0.1, -0.05) is 0 Å². The second kappa shape index (κ2) is 8.30. The maximum Gasteiger partial charge on any atom is 0.282 e. The van der Waals surface area contributed by atoms with Crippen molar-refractivity contribution in [3.8, 4) is 0 Å². The summed E-state index contributed by atoms with van der Waals surface area (Å²) in [4.78, 5) is 15.8. The number of likely N-dealkylation sites (tertiary alicyclic amines) is 1. The largest absolute Gasteiger partial charge is 0.379 e. The predicted molar refractivity (Wildman–Crippen MR) is 94.3 cm³/mol. The molecule has 0 bridgehead atoms. The molecule has 0 aromatic rings. The number of hydrogen-bond donors (Lipinski definition) is 0. The molecule has 0 saturated carbocycles. The molecule has 3 fully saturated rings. The molecule has 3 heterocycles. The first-order valence-corrected chi connectivity index (χ1v) is 10.7. The maximum absolute atomic E-state index is 12.8. The number of nitrogens with zero attached hydrogens (tertiary/aromatic N) is 4. The van der Waals surface area contributed by atoms with Gasteiger partial charge in [0.25, 0.3) is 10.2 Å². The molecule has 25 heavy (non-hydrogen) atoms. The minimum Gasteiger partial charge on any atom is -0.379 e. The van der Waals surface area contributed by atoms with Crippen LogP contribution >= 0.6 is 0 Å². The van der Waals surface area contributed by atoms with Crippen molar-refractivity contribution in [3.63, 3.8) is 0 Å². The molecule has 3 saturated heterocycles. The minimum atomic E-state index is -3.37. The van der Waals surface area contributed by atoms with Crippen LogP contribution in [0.15, 0.2) is 0 Å². The zero-order valence-corrected chi connectivity index (χ0v) is 15.9. The van der Waals surface area contributed by atoms with Gasteiger partial charge >= 0.3 is 0 Å². The van der Waals surface area contributed by atoms with Gasteiger partial charge < -0.3 is 14.5 Å². The summed E-state index contributed by atoms with van der Waals surface area (Å²) in [5.74, 6) is 0.722. The first kappa shape index (κ1) is 19.0. The van der Waals surface area contributed by atoms with Crippen molar-refractivity contribution < 1.29 is 17.9 Å². The van der Waals surface area contributed by atoms with E-state index in [1.165, 1.54) is 0 Å². The SMILES string of the molecule is CN1CC(CN2CCCN(S(=O)(=O)N3CCOCC3)CC2)CCC1=O. The van der Waals surface area contributed by atoms with Crippen LogP contribution in [0.4, 0.5) is 0 Å². The van der Waals surface area contributed by atoms with Crippen LogP contribution in [0.3, 0.4) is 0 Å². The molecule has 1 atom stereocenters. The number of carbonyl (C=O) groups excluding carboxylic acids is 1. The molecular weight excluding hydrogens is 344 g/mol. The number of morpholine rings is 1. The van der Waals surface area contributed by atoms with E-state index in [9.17, 15) is 13.2 Å². The van der Waals surface area contributed by atoms with E-state index in [1.807, 2.05) is 11.9 Å². The van der Waals surface area contributed by atoms with E-state index in [-0.39, 0.29) is 5.91 Å². The van der Waals surface area contributed by atoms with Gasteiger partial charge in [0.15, 0.2) is 0 Å². The first-order chi connectivity index (χ1) is 12.0. The highest BCUT2D eigenvalue weighted by Gasteiger charge is 2.33. The Kier molecular flexibility index (Phi) is 6.32. The summed E-state index contributed by atoms with van der Waals surface area (Å²) in [6.45, 7) is 6.42. The maximum atomic E-state index is 12.8. The summed E-state index contributed by atoms with van der Waals surface area (Å²) in [5, 5.41) is 0. The minimum absolute atomic E-state index is 0.231. The summed E-state index contributed by atoms with van der Waals surface area (Å²) < 4.78 is 34.1. The van der Waals surface area contributed by atoms with E-state index in [0.717, 1.165) is 39.0 Å². The van der Waals surface area contributed by atoms with Gasteiger partial charge in [0.1, 0.15) is 0 Å². The van der Waals surface area contributed by atoms with Crippen molar-refractivity contribution in [2.45, 2.75) is 19.3 Å². The second-order valence-corrected chi connectivity index (χ2v) is 9.18. The molecule has 0 spiro atoms. The Morgan fingerprint density at radius 3 is 2.48 bits per heavy atom. The van der Waals surface area contributed by atoms with Crippen molar-refractivity contribution in [2.75, 3.05) is 72.6 Å². The number of hydrogen-bond acceptors (Lipinski definition) is 5. The summed E-state index contributed by atoms with van der Waals surface area (Å²) in [5.41, 5.74) is 0. The fourth-order valence-electron chi connectivity index (χ4n) is 3.91. The molecular formula is C16H30N4O4S. The third kappa shape index (κ3) is 4.71. The monoisotopic (exact) mass is 374 g/mol. The Morgan fingerprint density at radius 2 is 1.76 bits per heavy atom. The standard InChI is InChI=1S/C16H30N4O4S/c1-17-13-15(3-4-16(17)21)14-18-5-2-6-19(8-7-18)25(22,23)20-9-11-24-12-10-20/h15H,2-14H2,1H3. The molecule has 0 N–H and O–H groups in total. The van der Waals surface area contributed by atoms with E-state index in [0.29, 0.717) is 51.7 Å². The van der Waals surface area contributed by atoms with Crippen LogP contribution < -0.4 is 0 Å². The van der Waals surface area contributed by atoms with Gasteiger partial charge in [-0.15, -0.1) is 0 Å². The van der Waals surface area contributed by atoms with E-state index in [4.69, 9.17) is 4.74 Å². The van der Waals surface area contributed by atoms with Crippen molar-refractivity contribution in [3.05, 3.63) is 0 Å². The molecule has 0 aromatic carbocycles. The van der Waals surface area contributed by atoms with Crippen LogP contribution in [0.5, 0.6) is 0 Å². The van der Waals surface area contributed by atoms with Gasteiger partial charge in [0.05, 0.1) is 13.2 Å². The first-order valence-electron chi connectivity index (χ1n) is 9.26. The smallest absolute Gasteiger partial charge is 0.282 e. The third-order valence-corrected chi connectivity index (χ3v) is 7.45. The number of ether oxygens (including phenoxy) is 1. The molecule has 3 rings (SSSR count). The highest BCUT2D eigenvalue weighted by Crippen LogP contribution is 2.19. The van der Waals surface area contributed by atoms with Crippen LogP contribution in [0.25, 0.3) is 0 Å². The normalized spacial score (nSPS) is 28.9. The number of rotatable bonds is 4. The lowest BCUT2D eigenvalue weighted by Gasteiger charge is -2.33. The quantitative estimate of drug-likeness (QED) is 0.660. The van der Waals surface area contributed by atoms with Gasteiger partial charge in [-0.3, -0.25) is 4.79 Å². The van der Waals surface area contributed by atoms with Gasteiger partial charge in [0, 0.05) is 59.3 Å². The third-order valence-electron chi connectivity index (χ3n) is 5.41. The molecule has 1 amide bonds. The fraction of sp³-hybridized carbons (Fsp3) is 0.938. The Morgan fingerprint density at radius 1 is 1.04 bits per heavy atom. The lowest BCUT2D eigenvalue weighted by molar-refractivity contribution is -0.133. The molecule has 8 nitrogen and oxygen atoms in total. The molecule has 0 aromatic heterocycles. The lowest BCUT2D eigenvalue weighted by atomic mass is 9.97. The summed E-state index contributed by atoms with van der Waals surface area (Å²) in [7, 11) is -1.51. The van der Waals surface area contributed by atoms with Gasteiger partial charge in [-0.05, 0) is 25.3 Å². The molecule has 3 aliphatic rings. The molecule has 144 valence electrons. The molecule has 9 heteroatoms. The zero-order valence-electron chi connectivity index (χ0n) is 15.1. The van der Waals surface area contributed by atoms with E-state index in [2.05, 4.69) is 4.90 Å². The second-order valence-electron chi connectivity index (χ2n) is 7.25. The van der Waals surface area contributed by atoms with Crippen LogP contribution in [-0.4, -0.2) is 105 Å². The average Bonchev–Trinajstić information content (AvgIpc) is 2.85. The van der Waals surface area contributed by atoms with Crippen molar-refractivity contribution in [2.24, 2.45) is 5.92 Å². The van der Waals surface area contributed by atoms with Crippen LogP contribution in [0.2, 0.25) is 0 Å². The molecule has 3 aliphatic heterocycles. The summed E-state index contributed by atoms with van der Waals surface area (Å²) in [6, 6.07) is 0. The Bertz CT molecular complexity index is 564. The van der Waals surface area contributed by atoms with Gasteiger partial charge in [-0.25, -0.2) is 0 Å². The van der Waals surface area contributed by atoms with Crippen molar-refractivity contribution >= 4 is 16.1 Å². The molecule has 1 unspecified atom stereocenters. The average molecular weight is 375 g/mol. The number of carbonyl (C=O) groups is 1. The molecule has 0 aliphatic carbocycles. The highest BCUT2D eigenvalue weighted by atomic mass is 32.2. The molecule has 0 radical (unpaired) electrons. The predicted octanol–water partition coefficient (Wildman–Crippen LogP) is -0.560. The fourth-order valence-corrected chi connectivity index (χ4v) is 5.52. The van der Waals surface area contributed by atoms with E-state index in [1.54, 1.807) is 8.61 Å². The van der Waals surface area contributed by atoms with Crippen molar-refractivity contribution in [1.29, 1.82) is 0 Å². The topological polar surface area (TPSA) is 73.4 Å². The van der Waals surface area contributed by atoms with Gasteiger partial charge in [-0.2, -0.15) is 17.0 Å². The Balaban J connectivity index is 1.52. The number of piperidine rings is 1. The zero-order chi connectivity index (χ0) is 17.9. The summed E-state index contributed by atoms with van der Waals surface area (Å²) >= 11 is 0. The van der Waals surface area contributed by atoms with Crippen LogP contribution in [0, 0.1) is 5.92 Å². The van der Waals surface area contributed by atoms with Crippen LogP contribution in [-0.2, 0) is 19.7 Å². The number of amides is 1. The van der Waals surface area contributed by atoms with E-state index >= 15 is 0 Å². The van der Waals surface area contributed by atoms with Gasteiger partial charge in [0.2, 0.25) is 5.91 Å². The van der Waals surface area contributed by atoms with Crippen LogP contribution in [0.1, 0.15) is 19.3 Å². The summed E-state index contributed by atoms with van der Waals surface area (Å²) in [6.07, 6.45) is 2.42. The van der Waals surface area contributed by atoms with Crippen molar-refractivity contribution in [1.82, 2.24) is 18.4 Å². The Hall–Kier alpha value is -0.740. The highest BCUT2D eigenvalue weighted by molar-refractivity contribution is 7.86.